The van der Waals surface area contributed by atoms with Gasteiger partial charge in [0.15, 0.2) is 37.1 Å². The SMILES string of the molecule is [C-]#[N+][C@]1(CO[P@@](=O)(N[C@@H](C)C(=O)OCC2CCCCC2)Oc2ccccc2)O[C@@H](c2ccc3c(N)ncnn23)[C@H](O)[C@@H]1O.[C-]#[N+][C@]1(CO[P@](=O)(N[C@@H](C)C(=O)OCC2CCCCC2)Oc2ccccc2)O[C@@H](c2ccc3c(N)ncnn23)[C@H](O)[C@@H]1O. The van der Waals surface area contributed by atoms with Crippen molar-refractivity contribution in [2.45, 2.75) is 138 Å². The van der Waals surface area contributed by atoms with Crippen LogP contribution in [0.4, 0.5) is 11.6 Å². The summed E-state index contributed by atoms with van der Waals surface area (Å²) in [5, 5.41) is 57.3. The number of esters is 2. The van der Waals surface area contributed by atoms with Crippen molar-refractivity contribution in [2.75, 3.05) is 37.9 Å². The van der Waals surface area contributed by atoms with Gasteiger partial charge in [0.1, 0.15) is 71.7 Å². The van der Waals surface area contributed by atoms with Gasteiger partial charge in [0.05, 0.1) is 24.6 Å². The first kappa shape index (κ1) is 63.4. The van der Waals surface area contributed by atoms with E-state index in [-0.39, 0.29) is 48.2 Å². The van der Waals surface area contributed by atoms with Crippen LogP contribution in [0.2, 0.25) is 0 Å². The maximum Gasteiger partial charge on any atom is 0.459 e. The summed E-state index contributed by atoms with van der Waals surface area (Å²) >= 11 is 0. The Morgan fingerprint density at radius 2 is 1.00 bits per heavy atom. The number of aromatic nitrogens is 6. The number of carbonyl (C=O) groups excluding carboxylic acids is 2. The number of para-hydroxylation sites is 2. The minimum atomic E-state index is -4.40. The van der Waals surface area contributed by atoms with Crippen molar-refractivity contribution in [1.29, 1.82) is 0 Å². The lowest BCUT2D eigenvalue weighted by atomic mass is 9.90. The molecule has 4 aliphatic rings. The zero-order chi connectivity index (χ0) is 61.2. The lowest BCUT2D eigenvalue weighted by molar-refractivity contribution is -0.147. The van der Waals surface area contributed by atoms with Crippen LogP contribution >= 0.6 is 15.5 Å². The first-order valence-corrected chi connectivity index (χ1v) is 31.3. The number of nitrogen functional groups attached to an aromatic ring is 2. The van der Waals surface area contributed by atoms with E-state index in [1.165, 1.54) is 48.4 Å². The van der Waals surface area contributed by atoms with Crippen LogP contribution < -0.4 is 30.7 Å². The molecule has 0 spiro atoms. The van der Waals surface area contributed by atoms with E-state index in [0.717, 1.165) is 51.4 Å². The zero-order valence-electron chi connectivity index (χ0n) is 47.2. The molecule has 0 bridgehead atoms. The highest BCUT2D eigenvalue weighted by atomic mass is 31.2. The van der Waals surface area contributed by atoms with Crippen LogP contribution in [-0.4, -0.2) is 136 Å². The van der Waals surface area contributed by atoms with Gasteiger partial charge in [-0.1, -0.05) is 74.9 Å². The van der Waals surface area contributed by atoms with Crippen LogP contribution in [0.1, 0.15) is 102 Å². The normalized spacial score (nSPS) is 26.4. The Labute approximate surface area is 495 Å². The van der Waals surface area contributed by atoms with E-state index in [1.54, 1.807) is 84.9 Å². The number of carbonyl (C=O) groups is 2. The Morgan fingerprint density at radius 3 is 1.36 bits per heavy atom. The summed E-state index contributed by atoms with van der Waals surface area (Å²) in [5.41, 5.74) is 8.93. The van der Waals surface area contributed by atoms with Gasteiger partial charge in [0.2, 0.25) is 0 Å². The number of fused-ring (bicyclic) bond motifs is 2. The number of hydrogen-bond donors (Lipinski definition) is 8. The maximum absolute atomic E-state index is 14.0. The van der Waals surface area contributed by atoms with E-state index in [1.807, 2.05) is 0 Å². The Kier molecular flexibility index (Phi) is 20.4. The fraction of sp³-hybridized carbons (Fsp3) is 0.500. The maximum atomic E-state index is 14.0. The smallest absolute Gasteiger partial charge is 0.459 e. The molecule has 0 unspecified atom stereocenters. The average Bonchev–Trinajstić information content (AvgIpc) is 2.12. The molecular weight excluding hydrogens is 1160 g/mol. The highest BCUT2D eigenvalue weighted by Gasteiger charge is 2.64. The van der Waals surface area contributed by atoms with Gasteiger partial charge in [-0.25, -0.2) is 41.3 Å². The van der Waals surface area contributed by atoms with E-state index < -0.39 is 101 Å². The van der Waals surface area contributed by atoms with Crippen molar-refractivity contribution in [2.24, 2.45) is 11.8 Å². The van der Waals surface area contributed by atoms with Crippen LogP contribution in [-0.2, 0) is 46.7 Å². The molecule has 4 fully saturated rings. The minimum Gasteiger partial charge on any atom is -0.464 e. The molecule has 0 amide bonds. The predicted octanol–water partition coefficient (Wildman–Crippen LogP) is 6.05. The molecule has 12 atom stereocenters. The van der Waals surface area contributed by atoms with Gasteiger partial charge in [-0.05, 0) is 99.9 Å². The molecule has 2 aliphatic carbocycles. The van der Waals surface area contributed by atoms with Gasteiger partial charge >= 0.3 is 38.9 Å². The lowest BCUT2D eigenvalue weighted by Crippen LogP contribution is -2.45. The van der Waals surface area contributed by atoms with Gasteiger partial charge in [0, 0.05) is 0 Å². The van der Waals surface area contributed by atoms with Crippen LogP contribution in [0.15, 0.2) is 97.6 Å². The van der Waals surface area contributed by atoms with Crippen LogP contribution in [0, 0.1) is 25.0 Å². The number of ether oxygens (including phenoxy) is 4. The van der Waals surface area contributed by atoms with E-state index >= 15 is 0 Å². The molecule has 0 radical (unpaired) electrons. The average molecular weight is 1230 g/mol. The second-order valence-corrected chi connectivity index (χ2v) is 25.0. The molecule has 6 heterocycles. The molecule has 10 N–H and O–H groups in total. The molecule has 86 heavy (non-hydrogen) atoms. The topological polar surface area (TPSA) is 368 Å². The molecule has 460 valence electrons. The standard InChI is InChI=1S/2C28H35N6O8P/c2*1-18(27(37)39-15-19-9-5-3-6-10-19)33-43(38,42-20-11-7-4-8-12-20)40-16-28(30-2)25(36)23(35)24(41-28)21-13-14-22-26(29)31-17-32-34(21)22/h2*4,7-8,11-14,17-19,23-25,35-36H,3,5-6,9-10,15-16H2,1H3,(H,33,38)(H2,29,31,32)/t18-,23-,24-,25-,28+,43+;18-,23-,24-,25-,28+,43-/m00/s1. The lowest BCUT2D eigenvalue weighted by Gasteiger charge is -2.26. The third-order valence-corrected chi connectivity index (χ3v) is 18.7. The quantitative estimate of drug-likeness (QED) is 0.0218. The third-order valence-electron chi connectivity index (χ3n) is 15.4. The number of anilines is 2. The Morgan fingerprint density at radius 1 is 0.628 bits per heavy atom. The number of aliphatic hydroxyl groups is 4. The van der Waals surface area contributed by atoms with Crippen LogP contribution in [0.25, 0.3) is 20.7 Å². The van der Waals surface area contributed by atoms with E-state index in [0.29, 0.717) is 22.4 Å². The van der Waals surface area contributed by atoms with Crippen molar-refractivity contribution >= 4 is 50.1 Å². The number of rotatable bonds is 22. The summed E-state index contributed by atoms with van der Waals surface area (Å²) in [6.07, 6.45) is 3.97. The summed E-state index contributed by atoms with van der Waals surface area (Å²) in [5.74, 6) is -0.00144. The first-order valence-electron chi connectivity index (χ1n) is 28.2. The molecule has 10 rings (SSSR count). The minimum absolute atomic E-state index is 0.167. The summed E-state index contributed by atoms with van der Waals surface area (Å²) in [7, 11) is -8.79. The number of benzene rings is 2. The van der Waals surface area contributed by atoms with E-state index in [9.17, 15) is 39.1 Å². The first-order chi connectivity index (χ1) is 41.3. The van der Waals surface area contributed by atoms with E-state index in [2.05, 4.69) is 40.0 Å². The highest BCUT2D eigenvalue weighted by Crippen LogP contribution is 2.51. The van der Waals surface area contributed by atoms with Crippen molar-refractivity contribution in [3.8, 4) is 11.5 Å². The van der Waals surface area contributed by atoms with Gasteiger partial charge in [-0.3, -0.25) is 37.8 Å². The third kappa shape index (κ3) is 14.5. The Hall–Kier alpha value is -7.14. The molecule has 28 nitrogen and oxygen atoms in total. The summed E-state index contributed by atoms with van der Waals surface area (Å²) in [6, 6.07) is 20.4. The van der Waals surface area contributed by atoms with Crippen LogP contribution in [0.3, 0.4) is 0 Å². The Balaban J connectivity index is 0.000000205. The summed E-state index contributed by atoms with van der Waals surface area (Å²) < 4.78 is 76.3. The molecule has 4 aromatic heterocycles. The second-order valence-electron chi connectivity index (χ2n) is 21.6. The van der Waals surface area contributed by atoms with Crippen molar-refractivity contribution in [3.05, 3.63) is 132 Å². The molecule has 2 aliphatic heterocycles. The monoisotopic (exact) mass is 1230 g/mol. The highest BCUT2D eigenvalue weighted by molar-refractivity contribution is 7.52. The number of nitrogens with one attached hydrogen (secondary N) is 2. The molecular formula is C56H70N12O16P2. The fourth-order valence-electron chi connectivity index (χ4n) is 10.6. The number of hydrogen-bond acceptors (Lipinski definition) is 22. The number of nitrogens with zero attached hydrogens (tertiary/aromatic N) is 8. The van der Waals surface area contributed by atoms with Gasteiger partial charge < -0.3 is 50.4 Å². The molecule has 6 aromatic rings. The van der Waals surface area contributed by atoms with Crippen molar-refractivity contribution < 1.29 is 76.2 Å². The largest absolute Gasteiger partial charge is 0.464 e. The summed E-state index contributed by atoms with van der Waals surface area (Å²) in [4.78, 5) is 40.4. The molecule has 2 aromatic carbocycles. The van der Waals surface area contributed by atoms with Crippen LogP contribution in [0.5, 0.6) is 11.5 Å². The van der Waals surface area contributed by atoms with Gasteiger partial charge in [0.25, 0.3) is 0 Å². The second kappa shape index (κ2) is 27.7. The zero-order valence-corrected chi connectivity index (χ0v) is 49.0. The van der Waals surface area contributed by atoms with Gasteiger partial charge in [-0.15, -0.1) is 0 Å². The van der Waals surface area contributed by atoms with Crippen molar-refractivity contribution in [3.63, 3.8) is 0 Å². The predicted molar refractivity (Wildman–Crippen MR) is 307 cm³/mol. The van der Waals surface area contributed by atoms with Gasteiger partial charge in [-0.2, -0.15) is 20.4 Å². The fourth-order valence-corrected chi connectivity index (χ4v) is 13.7. The molecule has 2 saturated carbocycles. The molecule has 30 heteroatoms. The number of aliphatic hydroxyl groups excluding tert-OH is 4. The Bertz CT molecular complexity index is 3250. The number of nitrogens with two attached hydrogens (primary N) is 2. The van der Waals surface area contributed by atoms with E-state index in [4.69, 9.17) is 61.7 Å². The van der Waals surface area contributed by atoms with Crippen molar-refractivity contribution in [1.82, 2.24) is 39.4 Å². The summed E-state index contributed by atoms with van der Waals surface area (Å²) in [6.45, 7) is 17.6. The molecule has 2 saturated heterocycles.